The minimum absolute atomic E-state index is 0.0358. The average Bonchev–Trinajstić information content (AvgIpc) is 3.62. The molecule has 0 unspecified atom stereocenters. The Hall–Kier alpha value is -4.32. The predicted octanol–water partition coefficient (Wildman–Crippen LogP) is 8.86. The van der Waals surface area contributed by atoms with E-state index in [1.165, 1.54) is 13.2 Å². The van der Waals surface area contributed by atoms with E-state index in [4.69, 9.17) is 28.7 Å². The van der Waals surface area contributed by atoms with Crippen molar-refractivity contribution in [2.75, 3.05) is 58.1 Å². The molecule has 11 heteroatoms. The van der Waals surface area contributed by atoms with Crippen molar-refractivity contribution in [1.29, 1.82) is 0 Å². The number of anilines is 1. The van der Waals surface area contributed by atoms with Crippen LogP contribution in [-0.2, 0) is 23.7 Å². The van der Waals surface area contributed by atoms with Crippen molar-refractivity contribution in [3.8, 4) is 28.1 Å². The van der Waals surface area contributed by atoms with Gasteiger partial charge < -0.3 is 28.6 Å². The minimum Gasteiger partial charge on any atom is -0.493 e. The van der Waals surface area contributed by atoms with Crippen LogP contribution in [0.2, 0.25) is 0 Å². The lowest BCUT2D eigenvalue weighted by Gasteiger charge is -2.41. The van der Waals surface area contributed by atoms with Gasteiger partial charge in [0.15, 0.2) is 0 Å². The first kappa shape index (κ1) is 41.8. The Morgan fingerprint density at radius 3 is 2.36 bits per heavy atom. The summed E-state index contributed by atoms with van der Waals surface area (Å²) >= 11 is 0. The zero-order valence-corrected chi connectivity index (χ0v) is 33.9. The summed E-state index contributed by atoms with van der Waals surface area (Å²) in [4.78, 5) is 33.7. The fraction of sp³-hybridized carbons (Fsp3) is 0.523. The van der Waals surface area contributed by atoms with Crippen LogP contribution in [0.15, 0.2) is 42.6 Å². The number of imidazole rings is 1. The number of aromatic nitrogens is 2. The molecule has 0 amide bonds. The maximum Gasteiger partial charge on any atom is 0.379 e. The lowest BCUT2D eigenvalue weighted by molar-refractivity contribution is -0.135. The molecule has 2 aromatic carbocycles. The smallest absolute Gasteiger partial charge is 0.379 e. The molecule has 0 radical (unpaired) electrons. The summed E-state index contributed by atoms with van der Waals surface area (Å²) in [5, 5.41) is 0. The number of pyridine rings is 1. The number of ether oxygens (including phenoxy) is 5. The number of methoxy groups -OCH3 is 1. The second-order valence-electron chi connectivity index (χ2n) is 14.9. The number of carbonyl (C=O) groups excluding carboxylic acids is 2. The van der Waals surface area contributed by atoms with Gasteiger partial charge in [-0.25, -0.2) is 14.2 Å². The van der Waals surface area contributed by atoms with E-state index in [2.05, 4.69) is 25.7 Å². The van der Waals surface area contributed by atoms with Crippen LogP contribution in [0.5, 0.6) is 5.75 Å². The van der Waals surface area contributed by atoms with E-state index in [1.807, 2.05) is 68.6 Å². The third-order valence-corrected chi connectivity index (χ3v) is 10.5. The average molecular weight is 760 g/mol. The van der Waals surface area contributed by atoms with Crippen molar-refractivity contribution in [3.05, 3.63) is 70.7 Å². The number of halogens is 1. The highest BCUT2D eigenvalue weighted by Crippen LogP contribution is 2.39. The Morgan fingerprint density at radius 1 is 0.945 bits per heavy atom. The zero-order chi connectivity index (χ0) is 39.7. The molecule has 0 N–H and O–H groups in total. The minimum atomic E-state index is -0.927. The highest BCUT2D eigenvalue weighted by molar-refractivity contribution is 6.42. The zero-order valence-electron chi connectivity index (χ0n) is 33.9. The van der Waals surface area contributed by atoms with E-state index in [0.29, 0.717) is 97.5 Å². The summed E-state index contributed by atoms with van der Waals surface area (Å²) in [6.45, 7) is 17.8. The largest absolute Gasteiger partial charge is 0.493 e. The number of hydrogen-bond donors (Lipinski definition) is 0. The Morgan fingerprint density at radius 2 is 1.65 bits per heavy atom. The maximum atomic E-state index is 15.6. The van der Waals surface area contributed by atoms with Gasteiger partial charge in [0.25, 0.3) is 5.78 Å². The number of piperidine rings is 1. The van der Waals surface area contributed by atoms with Crippen molar-refractivity contribution < 1.29 is 37.7 Å². The van der Waals surface area contributed by atoms with Crippen LogP contribution in [0, 0.1) is 26.6 Å². The molecule has 1 saturated heterocycles. The molecule has 0 spiro atoms. The number of hydrogen-bond acceptors (Lipinski definition) is 9. The Bertz CT molecular complexity index is 1950. The molecule has 1 fully saturated rings. The van der Waals surface area contributed by atoms with Crippen LogP contribution in [0.1, 0.15) is 93.3 Å². The maximum absolute atomic E-state index is 15.6. The first-order valence-electron chi connectivity index (χ1n) is 19.7. The number of fused-ring (bicyclic) bond motifs is 1. The molecule has 2 aromatic heterocycles. The third-order valence-electron chi connectivity index (χ3n) is 10.5. The predicted molar refractivity (Wildman–Crippen MR) is 214 cm³/mol. The van der Waals surface area contributed by atoms with Crippen LogP contribution in [0.3, 0.4) is 0 Å². The van der Waals surface area contributed by atoms with Gasteiger partial charge in [-0.15, -0.1) is 0 Å². The summed E-state index contributed by atoms with van der Waals surface area (Å²) in [7, 11) is 1.22. The Labute approximate surface area is 325 Å². The summed E-state index contributed by atoms with van der Waals surface area (Å²) < 4.78 is 46.5. The molecule has 298 valence electrons. The van der Waals surface area contributed by atoms with E-state index in [1.54, 1.807) is 0 Å². The second-order valence-corrected chi connectivity index (χ2v) is 14.9. The van der Waals surface area contributed by atoms with E-state index in [0.717, 1.165) is 49.0 Å². The van der Waals surface area contributed by atoms with E-state index < -0.39 is 11.8 Å². The van der Waals surface area contributed by atoms with Gasteiger partial charge in [0.1, 0.15) is 23.0 Å². The van der Waals surface area contributed by atoms with Gasteiger partial charge in [0.05, 0.1) is 62.1 Å². The number of aryl methyl sites for hydroxylation is 2. The van der Waals surface area contributed by atoms with Crippen molar-refractivity contribution in [1.82, 2.24) is 9.38 Å². The van der Waals surface area contributed by atoms with Crippen LogP contribution >= 0.6 is 0 Å². The van der Waals surface area contributed by atoms with Gasteiger partial charge in [-0.3, -0.25) is 9.20 Å². The van der Waals surface area contributed by atoms with Crippen molar-refractivity contribution in [2.24, 2.45) is 0 Å². The molecule has 4 aromatic rings. The molecule has 3 heterocycles. The van der Waals surface area contributed by atoms with Crippen LogP contribution < -0.4 is 9.64 Å². The quantitative estimate of drug-likeness (QED) is 0.0402. The number of ketones is 1. The summed E-state index contributed by atoms with van der Waals surface area (Å²) in [5.41, 5.74) is 5.27. The van der Waals surface area contributed by atoms with E-state index >= 15 is 4.39 Å². The summed E-state index contributed by atoms with van der Waals surface area (Å²) in [6.07, 6.45) is 7.29. The molecule has 1 aliphatic heterocycles. The van der Waals surface area contributed by atoms with Crippen molar-refractivity contribution in [2.45, 2.75) is 98.7 Å². The molecule has 1 atom stereocenters. The fourth-order valence-electron chi connectivity index (χ4n) is 7.04. The molecule has 55 heavy (non-hydrogen) atoms. The molecule has 10 nitrogen and oxygen atoms in total. The molecular weight excluding hydrogens is 701 g/mol. The number of Topliss-reactive ketones (excluding diaryl/α,β-unsaturated/α-hetero) is 1. The molecule has 0 aliphatic carbocycles. The summed E-state index contributed by atoms with van der Waals surface area (Å²) in [5.74, 6) is -0.898. The summed E-state index contributed by atoms with van der Waals surface area (Å²) in [6, 6.07) is 11.0. The van der Waals surface area contributed by atoms with Gasteiger partial charge in [-0.2, -0.15) is 0 Å². The van der Waals surface area contributed by atoms with Gasteiger partial charge in [0.2, 0.25) is 0 Å². The number of benzene rings is 2. The number of carbonyl (C=O) groups is 2. The Kier molecular flexibility index (Phi) is 14.5. The first-order chi connectivity index (χ1) is 26.4. The monoisotopic (exact) mass is 759 g/mol. The highest BCUT2D eigenvalue weighted by Gasteiger charge is 2.36. The molecule has 1 aliphatic rings. The van der Waals surface area contributed by atoms with E-state index in [9.17, 15) is 9.59 Å². The van der Waals surface area contributed by atoms with Gasteiger partial charge >= 0.3 is 5.97 Å². The molecule has 0 bridgehead atoms. The number of unbranched alkanes of at least 4 members (excludes halogenated alkanes) is 2. The third kappa shape index (κ3) is 9.92. The lowest BCUT2D eigenvalue weighted by Crippen LogP contribution is -2.46. The standard InChI is InChI=1S/C44H58FN3O7/c1-9-11-20-53-30(4)28-52-22-23-55-44(7)16-18-47(19-17-44)42-38(40(49)43(50)51-8)31(5)32(6)41-46-36(27-48(41)42)33-14-13-15-34(26-33)39-35(45)24-29(3)25-37(39)54-21-12-10-2/h13-15,24-27,30H,9-12,16-23,28H2,1-8H3/t30-/m1/s1. The fourth-order valence-corrected chi connectivity index (χ4v) is 7.04. The van der Waals surface area contributed by atoms with Crippen LogP contribution in [0.4, 0.5) is 10.2 Å². The van der Waals surface area contributed by atoms with Crippen LogP contribution in [-0.4, -0.2) is 86.1 Å². The number of nitrogens with zero attached hydrogens (tertiary/aromatic N) is 3. The number of rotatable bonds is 19. The van der Waals surface area contributed by atoms with Gasteiger partial charge in [-0.1, -0.05) is 44.9 Å². The molecular formula is C44H58FN3O7. The molecule has 0 saturated carbocycles. The lowest BCUT2D eigenvalue weighted by atomic mass is 9.92. The number of esters is 1. The normalized spacial score (nSPS) is 14.7. The Balaban J connectivity index is 1.44. The van der Waals surface area contributed by atoms with Crippen molar-refractivity contribution in [3.63, 3.8) is 0 Å². The van der Waals surface area contributed by atoms with E-state index in [-0.39, 0.29) is 17.5 Å². The SMILES string of the molecule is CCCCOc1cc(C)cc(F)c1-c1cccc(-c2cn3c(N4CCC(C)(OCCOC[C@@H](C)OCCCC)CC4)c(C(=O)C(=O)OC)c(C)c(C)c3n2)c1. The highest BCUT2D eigenvalue weighted by atomic mass is 19.1. The topological polar surface area (TPSA) is 101 Å². The van der Waals surface area contributed by atoms with Crippen LogP contribution in [0.25, 0.3) is 28.0 Å². The van der Waals surface area contributed by atoms with Crippen molar-refractivity contribution >= 4 is 23.2 Å². The molecule has 5 rings (SSSR count). The van der Waals surface area contributed by atoms with Gasteiger partial charge in [0, 0.05) is 31.5 Å². The van der Waals surface area contributed by atoms with Gasteiger partial charge in [-0.05, 0) is 101 Å². The first-order valence-corrected chi connectivity index (χ1v) is 19.7. The second kappa shape index (κ2) is 19.0.